The first kappa shape index (κ1) is 18.7. The van der Waals surface area contributed by atoms with Gasteiger partial charge < -0.3 is 15.7 Å². The molecule has 0 aromatic heterocycles. The Balaban J connectivity index is 1.49. The van der Waals surface area contributed by atoms with E-state index >= 15 is 0 Å². The Labute approximate surface area is 161 Å². The minimum Gasteiger partial charge on any atom is -0.396 e. The summed E-state index contributed by atoms with van der Waals surface area (Å²) in [5.74, 6) is -1.88. The summed E-state index contributed by atoms with van der Waals surface area (Å²) in [6, 6.07) is 4.23. The molecule has 4 rings (SSSR count). The number of nitrogens with one attached hydrogen (secondary N) is 3. The van der Waals surface area contributed by atoms with Gasteiger partial charge in [-0.15, -0.1) is 0 Å². The van der Waals surface area contributed by atoms with Crippen LogP contribution in [0, 0.1) is 5.92 Å². The van der Waals surface area contributed by atoms with Crippen molar-refractivity contribution >= 4 is 23.6 Å². The number of nitrogens with zero attached hydrogens (tertiary/aromatic N) is 1. The normalized spacial score (nSPS) is 27.3. The summed E-state index contributed by atoms with van der Waals surface area (Å²) in [5.41, 5.74) is 1.39. The van der Waals surface area contributed by atoms with E-state index < -0.39 is 29.7 Å². The first-order chi connectivity index (χ1) is 13.5. The van der Waals surface area contributed by atoms with Gasteiger partial charge in [0, 0.05) is 44.6 Å². The van der Waals surface area contributed by atoms with Gasteiger partial charge in [0.1, 0.15) is 6.04 Å². The third kappa shape index (κ3) is 3.21. The number of fused-ring (bicyclic) bond motifs is 1. The number of carbonyl (C=O) groups is 4. The number of hydrogen-bond donors (Lipinski definition) is 4. The van der Waals surface area contributed by atoms with Crippen LogP contribution >= 0.6 is 0 Å². The van der Waals surface area contributed by atoms with Crippen LogP contribution in [-0.2, 0) is 16.1 Å². The molecule has 9 heteroatoms. The highest BCUT2D eigenvalue weighted by molar-refractivity contribution is 6.23. The largest absolute Gasteiger partial charge is 0.396 e. The SMILES string of the molecule is O=C1CCC(N2C(=O)c3ccc(CNC4CNCC4CO)cc3C2=O)C(=O)N1. The standard InChI is InChI=1S/C19H22N4O5/c24-9-11-7-20-8-14(11)21-6-10-1-2-12-13(5-10)19(28)23(18(12)27)15-3-4-16(25)22-17(15)26/h1-2,5,11,14-15,20-21,24H,3-4,6-9H2,(H,22,25,26). The van der Waals surface area contributed by atoms with Crippen LogP contribution in [-0.4, -0.2) is 65.4 Å². The maximum atomic E-state index is 12.8. The number of imide groups is 2. The summed E-state index contributed by atoms with van der Waals surface area (Å²) in [7, 11) is 0. The summed E-state index contributed by atoms with van der Waals surface area (Å²) in [5, 5.41) is 18.2. The van der Waals surface area contributed by atoms with Gasteiger partial charge in [0.15, 0.2) is 0 Å². The molecule has 28 heavy (non-hydrogen) atoms. The molecule has 2 saturated heterocycles. The monoisotopic (exact) mass is 386 g/mol. The predicted octanol–water partition coefficient (Wildman–Crippen LogP) is -1.24. The van der Waals surface area contributed by atoms with Crippen molar-refractivity contribution in [2.24, 2.45) is 5.92 Å². The van der Waals surface area contributed by atoms with E-state index in [2.05, 4.69) is 16.0 Å². The molecule has 1 aromatic carbocycles. The number of aliphatic hydroxyl groups is 1. The molecule has 3 heterocycles. The minimum atomic E-state index is -0.957. The molecule has 2 fully saturated rings. The highest BCUT2D eigenvalue weighted by atomic mass is 16.3. The van der Waals surface area contributed by atoms with Crippen LogP contribution in [0.1, 0.15) is 39.1 Å². The molecule has 0 saturated carbocycles. The zero-order chi connectivity index (χ0) is 19.8. The zero-order valence-electron chi connectivity index (χ0n) is 15.2. The Hall–Kier alpha value is -2.62. The maximum Gasteiger partial charge on any atom is 0.262 e. The van der Waals surface area contributed by atoms with Gasteiger partial charge in [0.05, 0.1) is 11.1 Å². The Morgan fingerprint density at radius 1 is 1.11 bits per heavy atom. The van der Waals surface area contributed by atoms with E-state index in [9.17, 15) is 24.3 Å². The molecule has 0 aliphatic carbocycles. The van der Waals surface area contributed by atoms with E-state index in [4.69, 9.17) is 0 Å². The highest BCUT2D eigenvalue weighted by Gasteiger charge is 2.44. The summed E-state index contributed by atoms with van der Waals surface area (Å²) < 4.78 is 0. The molecule has 3 aliphatic rings. The van der Waals surface area contributed by atoms with Crippen LogP contribution in [0.2, 0.25) is 0 Å². The van der Waals surface area contributed by atoms with Crippen LogP contribution in [0.25, 0.3) is 0 Å². The molecule has 0 radical (unpaired) electrons. The molecule has 3 unspecified atom stereocenters. The maximum absolute atomic E-state index is 12.8. The summed E-state index contributed by atoms with van der Waals surface area (Å²) in [4.78, 5) is 49.9. The second kappa shape index (κ2) is 7.42. The first-order valence-electron chi connectivity index (χ1n) is 9.39. The second-order valence-corrected chi connectivity index (χ2v) is 7.42. The Kier molecular flexibility index (Phi) is 4.96. The highest BCUT2D eigenvalue weighted by Crippen LogP contribution is 2.28. The molecule has 3 atom stereocenters. The molecule has 4 amide bonds. The quantitative estimate of drug-likeness (QED) is 0.466. The Bertz CT molecular complexity index is 855. The van der Waals surface area contributed by atoms with Gasteiger partial charge in [0.25, 0.3) is 11.8 Å². The van der Waals surface area contributed by atoms with E-state index in [0.717, 1.165) is 23.6 Å². The van der Waals surface area contributed by atoms with Crippen molar-refractivity contribution < 1.29 is 24.3 Å². The number of aliphatic hydroxyl groups excluding tert-OH is 1. The fourth-order valence-corrected chi connectivity index (χ4v) is 4.04. The van der Waals surface area contributed by atoms with E-state index in [1.165, 1.54) is 0 Å². The average molecular weight is 386 g/mol. The van der Waals surface area contributed by atoms with Crippen LogP contribution in [0.4, 0.5) is 0 Å². The van der Waals surface area contributed by atoms with Gasteiger partial charge in [-0.2, -0.15) is 0 Å². The van der Waals surface area contributed by atoms with E-state index in [-0.39, 0.29) is 42.5 Å². The summed E-state index contributed by atoms with van der Waals surface area (Å²) >= 11 is 0. The third-order valence-electron chi connectivity index (χ3n) is 5.65. The Morgan fingerprint density at radius 3 is 2.64 bits per heavy atom. The van der Waals surface area contributed by atoms with Gasteiger partial charge in [-0.1, -0.05) is 6.07 Å². The Morgan fingerprint density at radius 2 is 1.89 bits per heavy atom. The van der Waals surface area contributed by atoms with Crippen molar-refractivity contribution in [1.29, 1.82) is 0 Å². The number of carbonyl (C=O) groups excluding carboxylic acids is 4. The molecule has 4 N–H and O–H groups in total. The van der Waals surface area contributed by atoms with Crippen molar-refractivity contribution in [3.8, 4) is 0 Å². The van der Waals surface area contributed by atoms with Crippen LogP contribution in [0.5, 0.6) is 0 Å². The van der Waals surface area contributed by atoms with Crippen LogP contribution in [0.15, 0.2) is 18.2 Å². The lowest BCUT2D eigenvalue weighted by molar-refractivity contribution is -0.136. The zero-order valence-corrected chi connectivity index (χ0v) is 15.2. The molecule has 0 bridgehead atoms. The molecular formula is C19H22N4O5. The van der Waals surface area contributed by atoms with Crippen molar-refractivity contribution in [2.45, 2.75) is 31.5 Å². The molecule has 1 aromatic rings. The third-order valence-corrected chi connectivity index (χ3v) is 5.65. The lowest BCUT2D eigenvalue weighted by Crippen LogP contribution is -2.54. The van der Waals surface area contributed by atoms with Crippen molar-refractivity contribution in [3.63, 3.8) is 0 Å². The lowest BCUT2D eigenvalue weighted by atomic mass is 10.0. The van der Waals surface area contributed by atoms with Crippen molar-refractivity contribution in [3.05, 3.63) is 34.9 Å². The van der Waals surface area contributed by atoms with Gasteiger partial charge in [0.2, 0.25) is 11.8 Å². The van der Waals surface area contributed by atoms with Crippen molar-refractivity contribution in [2.75, 3.05) is 19.7 Å². The number of hydrogen-bond acceptors (Lipinski definition) is 7. The average Bonchev–Trinajstić information content (AvgIpc) is 3.23. The molecule has 9 nitrogen and oxygen atoms in total. The van der Waals surface area contributed by atoms with Gasteiger partial charge >= 0.3 is 0 Å². The summed E-state index contributed by atoms with van der Waals surface area (Å²) in [6.07, 6.45) is 0.238. The second-order valence-electron chi connectivity index (χ2n) is 7.42. The number of piperidine rings is 1. The molecule has 148 valence electrons. The molecule has 0 spiro atoms. The minimum absolute atomic E-state index is 0.0976. The van der Waals surface area contributed by atoms with E-state index in [1.807, 2.05) is 0 Å². The smallest absolute Gasteiger partial charge is 0.262 e. The topological polar surface area (TPSA) is 128 Å². The van der Waals surface area contributed by atoms with E-state index in [1.54, 1.807) is 18.2 Å². The molecule has 3 aliphatic heterocycles. The first-order valence-corrected chi connectivity index (χ1v) is 9.39. The van der Waals surface area contributed by atoms with Crippen LogP contribution in [0.3, 0.4) is 0 Å². The van der Waals surface area contributed by atoms with Gasteiger partial charge in [-0.25, -0.2) is 0 Å². The number of rotatable bonds is 5. The van der Waals surface area contributed by atoms with Crippen molar-refractivity contribution in [1.82, 2.24) is 20.9 Å². The predicted molar refractivity (Wildman–Crippen MR) is 97.2 cm³/mol. The number of amides is 4. The summed E-state index contributed by atoms with van der Waals surface area (Å²) in [6.45, 7) is 2.11. The molecular weight excluding hydrogens is 364 g/mol. The lowest BCUT2D eigenvalue weighted by Gasteiger charge is -2.27. The van der Waals surface area contributed by atoms with E-state index in [0.29, 0.717) is 6.54 Å². The van der Waals surface area contributed by atoms with Gasteiger partial charge in [-0.05, 0) is 24.1 Å². The van der Waals surface area contributed by atoms with Gasteiger partial charge in [-0.3, -0.25) is 29.4 Å². The fraction of sp³-hybridized carbons (Fsp3) is 0.474. The number of benzene rings is 1. The fourth-order valence-electron chi connectivity index (χ4n) is 4.04. The van der Waals surface area contributed by atoms with Crippen LogP contribution < -0.4 is 16.0 Å².